The van der Waals surface area contributed by atoms with Crippen molar-refractivity contribution in [2.45, 2.75) is 32.0 Å². The van der Waals surface area contributed by atoms with E-state index in [0.717, 1.165) is 25.1 Å². The number of alkyl halides is 3. The van der Waals surface area contributed by atoms with E-state index in [9.17, 15) is 18.0 Å². The van der Waals surface area contributed by atoms with Crippen LogP contribution in [0, 0.1) is 0 Å². The van der Waals surface area contributed by atoms with Crippen LogP contribution in [-0.4, -0.2) is 25.0 Å². The third kappa shape index (κ3) is 3.12. The lowest BCUT2D eigenvalue weighted by molar-refractivity contribution is -0.137. The minimum atomic E-state index is -4.35. The summed E-state index contributed by atoms with van der Waals surface area (Å²) in [5.74, 6) is -0.0711. The summed E-state index contributed by atoms with van der Waals surface area (Å²) in [6.45, 7) is 3.31. The van der Waals surface area contributed by atoms with Gasteiger partial charge in [0, 0.05) is 12.2 Å². The number of halogens is 3. The van der Waals surface area contributed by atoms with E-state index in [2.05, 4.69) is 5.32 Å². The molecule has 2 rings (SSSR count). The second-order valence-corrected chi connectivity index (χ2v) is 4.83. The molecule has 0 bridgehead atoms. The van der Waals surface area contributed by atoms with Crippen molar-refractivity contribution in [2.24, 2.45) is 0 Å². The fourth-order valence-corrected chi connectivity index (χ4v) is 2.27. The number of nitrogens with one attached hydrogen (secondary N) is 1. The molecule has 0 radical (unpaired) electrons. The summed E-state index contributed by atoms with van der Waals surface area (Å²) >= 11 is 0. The molecule has 1 aliphatic rings. The van der Waals surface area contributed by atoms with Gasteiger partial charge in [-0.05, 0) is 43.7 Å². The lowest BCUT2D eigenvalue weighted by Gasteiger charge is -2.18. The van der Waals surface area contributed by atoms with Crippen molar-refractivity contribution in [3.05, 3.63) is 29.8 Å². The highest BCUT2D eigenvalue weighted by Crippen LogP contribution is 2.31. The van der Waals surface area contributed by atoms with Crippen LogP contribution in [-0.2, 0) is 11.0 Å². The lowest BCUT2D eigenvalue weighted by atomic mass is 10.2. The standard InChI is InChI=1S/C14H17F3N2O/c1-2-8-18-12-7-9-19(13(12)20)11-5-3-10(4-6-11)14(15,16)17/h3-6,12,18H,2,7-9H2,1H3. The number of hydrogen-bond acceptors (Lipinski definition) is 2. The monoisotopic (exact) mass is 286 g/mol. The molecule has 1 saturated heterocycles. The number of carbonyl (C=O) groups excluding carboxylic acids is 1. The maximum Gasteiger partial charge on any atom is 0.416 e. The Kier molecular flexibility index (Phi) is 4.32. The zero-order valence-corrected chi connectivity index (χ0v) is 11.2. The number of hydrogen-bond donors (Lipinski definition) is 1. The maximum atomic E-state index is 12.5. The quantitative estimate of drug-likeness (QED) is 0.923. The molecule has 1 N–H and O–H groups in total. The molecule has 6 heteroatoms. The molecule has 1 amide bonds. The molecule has 3 nitrogen and oxygen atoms in total. The number of benzene rings is 1. The number of anilines is 1. The van der Waals surface area contributed by atoms with Gasteiger partial charge < -0.3 is 10.2 Å². The molecule has 1 heterocycles. The van der Waals surface area contributed by atoms with E-state index in [1.165, 1.54) is 17.0 Å². The largest absolute Gasteiger partial charge is 0.416 e. The number of amides is 1. The molecule has 0 aromatic heterocycles. The van der Waals surface area contributed by atoms with Gasteiger partial charge in [-0.25, -0.2) is 0 Å². The summed E-state index contributed by atoms with van der Waals surface area (Å²) in [4.78, 5) is 13.7. The predicted molar refractivity (Wildman–Crippen MR) is 70.5 cm³/mol. The number of rotatable bonds is 4. The van der Waals surface area contributed by atoms with Crippen molar-refractivity contribution in [3.8, 4) is 0 Å². The average molecular weight is 286 g/mol. The van der Waals surface area contributed by atoms with Gasteiger partial charge in [-0.1, -0.05) is 6.92 Å². The van der Waals surface area contributed by atoms with Crippen LogP contribution in [0.1, 0.15) is 25.3 Å². The molecular formula is C14H17F3N2O. The molecule has 1 atom stereocenters. The first-order chi connectivity index (χ1) is 9.43. The zero-order chi connectivity index (χ0) is 14.8. The first kappa shape index (κ1) is 14.8. The number of nitrogens with zero attached hydrogens (tertiary/aromatic N) is 1. The molecule has 1 aromatic rings. The van der Waals surface area contributed by atoms with Crippen molar-refractivity contribution < 1.29 is 18.0 Å². The Morgan fingerprint density at radius 2 is 1.95 bits per heavy atom. The van der Waals surface area contributed by atoms with Gasteiger partial charge in [-0.15, -0.1) is 0 Å². The summed E-state index contributed by atoms with van der Waals surface area (Å²) < 4.78 is 37.5. The van der Waals surface area contributed by atoms with Crippen LogP contribution < -0.4 is 10.2 Å². The molecule has 1 aromatic carbocycles. The van der Waals surface area contributed by atoms with Gasteiger partial charge in [0.05, 0.1) is 11.6 Å². The van der Waals surface area contributed by atoms with E-state index in [-0.39, 0.29) is 11.9 Å². The van der Waals surface area contributed by atoms with E-state index in [1.54, 1.807) is 0 Å². The van der Waals surface area contributed by atoms with Crippen LogP contribution in [0.15, 0.2) is 24.3 Å². The Balaban J connectivity index is 2.07. The van der Waals surface area contributed by atoms with Crippen LogP contribution >= 0.6 is 0 Å². The molecule has 20 heavy (non-hydrogen) atoms. The summed E-state index contributed by atoms with van der Waals surface area (Å²) in [7, 11) is 0. The van der Waals surface area contributed by atoms with Crippen LogP contribution in [0.4, 0.5) is 18.9 Å². The van der Waals surface area contributed by atoms with E-state index in [0.29, 0.717) is 18.7 Å². The summed E-state index contributed by atoms with van der Waals surface area (Å²) in [6, 6.07) is 4.49. The summed E-state index contributed by atoms with van der Waals surface area (Å²) in [6.07, 6.45) is -2.73. The van der Waals surface area contributed by atoms with Crippen molar-refractivity contribution in [2.75, 3.05) is 18.0 Å². The second kappa shape index (κ2) is 5.83. The molecule has 0 saturated carbocycles. The Bertz CT molecular complexity index is 470. The van der Waals surface area contributed by atoms with Crippen molar-refractivity contribution in [1.82, 2.24) is 5.32 Å². The number of carbonyl (C=O) groups is 1. The maximum absolute atomic E-state index is 12.5. The minimum Gasteiger partial charge on any atom is -0.311 e. The van der Waals surface area contributed by atoms with Gasteiger partial charge in [0.25, 0.3) is 0 Å². The highest BCUT2D eigenvalue weighted by Gasteiger charge is 2.33. The van der Waals surface area contributed by atoms with Gasteiger partial charge in [0.15, 0.2) is 0 Å². The van der Waals surface area contributed by atoms with Crippen molar-refractivity contribution >= 4 is 11.6 Å². The summed E-state index contributed by atoms with van der Waals surface area (Å²) in [5.41, 5.74) is -0.183. The highest BCUT2D eigenvalue weighted by molar-refractivity contribution is 5.99. The smallest absolute Gasteiger partial charge is 0.311 e. The van der Waals surface area contributed by atoms with E-state index < -0.39 is 11.7 Å². The topological polar surface area (TPSA) is 32.3 Å². The molecule has 110 valence electrons. The SMILES string of the molecule is CCCNC1CCN(c2ccc(C(F)(F)F)cc2)C1=O. The van der Waals surface area contributed by atoms with Gasteiger partial charge in [-0.2, -0.15) is 13.2 Å². The molecule has 1 unspecified atom stereocenters. The van der Waals surface area contributed by atoms with Crippen LogP contribution in [0.25, 0.3) is 0 Å². The van der Waals surface area contributed by atoms with Gasteiger partial charge in [0.2, 0.25) is 5.91 Å². The third-order valence-corrected chi connectivity index (χ3v) is 3.35. The summed E-state index contributed by atoms with van der Waals surface area (Å²) in [5, 5.41) is 3.15. The second-order valence-electron chi connectivity index (χ2n) is 4.83. The Morgan fingerprint density at radius 3 is 2.50 bits per heavy atom. The molecule has 0 spiro atoms. The molecular weight excluding hydrogens is 269 g/mol. The Morgan fingerprint density at radius 1 is 1.30 bits per heavy atom. The van der Waals surface area contributed by atoms with E-state index in [1.807, 2.05) is 6.92 Å². The first-order valence-electron chi connectivity index (χ1n) is 6.65. The Labute approximate surface area is 115 Å². The first-order valence-corrected chi connectivity index (χ1v) is 6.65. The fourth-order valence-electron chi connectivity index (χ4n) is 2.27. The normalized spacial score (nSPS) is 19.7. The predicted octanol–water partition coefficient (Wildman–Crippen LogP) is 2.81. The molecule has 0 aliphatic carbocycles. The van der Waals surface area contributed by atoms with E-state index >= 15 is 0 Å². The lowest BCUT2D eigenvalue weighted by Crippen LogP contribution is -2.38. The zero-order valence-electron chi connectivity index (χ0n) is 11.2. The van der Waals surface area contributed by atoms with Crippen LogP contribution in [0.3, 0.4) is 0 Å². The van der Waals surface area contributed by atoms with Gasteiger partial charge in [0.1, 0.15) is 0 Å². The molecule has 1 fully saturated rings. The van der Waals surface area contributed by atoms with Crippen LogP contribution in [0.2, 0.25) is 0 Å². The van der Waals surface area contributed by atoms with Crippen molar-refractivity contribution in [3.63, 3.8) is 0 Å². The fraction of sp³-hybridized carbons (Fsp3) is 0.500. The molecule has 1 aliphatic heterocycles. The third-order valence-electron chi connectivity index (χ3n) is 3.35. The average Bonchev–Trinajstić information content (AvgIpc) is 2.77. The van der Waals surface area contributed by atoms with Gasteiger partial charge in [-0.3, -0.25) is 4.79 Å². The highest BCUT2D eigenvalue weighted by atomic mass is 19.4. The van der Waals surface area contributed by atoms with Gasteiger partial charge >= 0.3 is 6.18 Å². The van der Waals surface area contributed by atoms with E-state index in [4.69, 9.17) is 0 Å². The minimum absolute atomic E-state index is 0.0711. The van der Waals surface area contributed by atoms with Crippen molar-refractivity contribution in [1.29, 1.82) is 0 Å². The Hall–Kier alpha value is -1.56. The van der Waals surface area contributed by atoms with Crippen LogP contribution in [0.5, 0.6) is 0 Å².